The molecule has 0 radical (unpaired) electrons. The van der Waals surface area contributed by atoms with Gasteiger partial charge in [0.05, 0.1) is 17.8 Å². The van der Waals surface area contributed by atoms with Gasteiger partial charge in [0.15, 0.2) is 0 Å². The van der Waals surface area contributed by atoms with Gasteiger partial charge in [0.25, 0.3) is 5.91 Å². The lowest BCUT2D eigenvalue weighted by atomic mass is 10.1. The molecular formula is C17H23N3O2. The van der Waals surface area contributed by atoms with E-state index in [1.54, 1.807) is 0 Å². The number of aromatic nitrogens is 1. The SMILES string of the molecule is CC1(C)CN(CCNC(=O)c2cc3ccccn3c2)CCO1. The molecule has 0 spiro atoms. The molecule has 5 nitrogen and oxygen atoms in total. The zero-order valence-electron chi connectivity index (χ0n) is 13.2. The summed E-state index contributed by atoms with van der Waals surface area (Å²) in [5.74, 6) is -0.0174. The Morgan fingerprint density at radius 3 is 3.05 bits per heavy atom. The first kappa shape index (κ1) is 15.1. The maximum Gasteiger partial charge on any atom is 0.252 e. The van der Waals surface area contributed by atoms with Crippen LogP contribution in [0.2, 0.25) is 0 Å². The van der Waals surface area contributed by atoms with Crippen molar-refractivity contribution in [3.05, 3.63) is 42.2 Å². The lowest BCUT2D eigenvalue weighted by molar-refractivity contribution is -0.0853. The van der Waals surface area contributed by atoms with Crippen LogP contribution in [-0.4, -0.2) is 53.6 Å². The van der Waals surface area contributed by atoms with Crippen LogP contribution in [0.5, 0.6) is 0 Å². The monoisotopic (exact) mass is 301 g/mol. The number of amides is 1. The van der Waals surface area contributed by atoms with Crippen molar-refractivity contribution in [2.45, 2.75) is 19.4 Å². The highest BCUT2D eigenvalue weighted by Crippen LogP contribution is 2.15. The maximum atomic E-state index is 12.2. The smallest absolute Gasteiger partial charge is 0.252 e. The molecule has 3 rings (SSSR count). The van der Waals surface area contributed by atoms with E-state index in [0.717, 1.165) is 31.8 Å². The lowest BCUT2D eigenvalue weighted by Gasteiger charge is -2.38. The number of morpholine rings is 1. The molecule has 3 heterocycles. The van der Waals surface area contributed by atoms with Crippen molar-refractivity contribution in [2.75, 3.05) is 32.8 Å². The van der Waals surface area contributed by atoms with Crippen LogP contribution in [0.4, 0.5) is 0 Å². The lowest BCUT2D eigenvalue weighted by Crippen LogP contribution is -2.50. The molecule has 1 N–H and O–H groups in total. The Morgan fingerprint density at radius 1 is 1.41 bits per heavy atom. The fourth-order valence-electron chi connectivity index (χ4n) is 2.91. The van der Waals surface area contributed by atoms with Gasteiger partial charge >= 0.3 is 0 Å². The fourth-order valence-corrected chi connectivity index (χ4v) is 2.91. The summed E-state index contributed by atoms with van der Waals surface area (Å²) in [5, 5.41) is 3.00. The number of ether oxygens (including phenoxy) is 1. The summed E-state index contributed by atoms with van der Waals surface area (Å²) < 4.78 is 7.65. The van der Waals surface area contributed by atoms with Crippen LogP contribution in [0, 0.1) is 0 Å². The summed E-state index contributed by atoms with van der Waals surface area (Å²) >= 11 is 0. The normalized spacial score (nSPS) is 18.5. The van der Waals surface area contributed by atoms with Gasteiger partial charge in [-0.15, -0.1) is 0 Å². The topological polar surface area (TPSA) is 46.0 Å². The largest absolute Gasteiger partial charge is 0.373 e. The van der Waals surface area contributed by atoms with Gasteiger partial charge in [0, 0.05) is 44.1 Å². The van der Waals surface area contributed by atoms with E-state index in [9.17, 15) is 4.79 Å². The van der Waals surface area contributed by atoms with Crippen molar-refractivity contribution in [1.82, 2.24) is 14.6 Å². The molecule has 22 heavy (non-hydrogen) atoms. The molecule has 1 amide bonds. The fraction of sp³-hybridized carbons (Fsp3) is 0.471. The molecule has 0 unspecified atom stereocenters. The quantitative estimate of drug-likeness (QED) is 0.936. The molecule has 1 saturated heterocycles. The zero-order valence-corrected chi connectivity index (χ0v) is 13.2. The summed E-state index contributed by atoms with van der Waals surface area (Å²) in [6.07, 6.45) is 3.81. The third-order valence-electron chi connectivity index (χ3n) is 3.98. The number of carbonyl (C=O) groups is 1. The number of pyridine rings is 1. The second kappa shape index (κ2) is 6.10. The summed E-state index contributed by atoms with van der Waals surface area (Å²) in [4.78, 5) is 14.5. The van der Waals surface area contributed by atoms with Gasteiger partial charge in [-0.25, -0.2) is 0 Å². The van der Waals surface area contributed by atoms with Crippen LogP contribution in [0.1, 0.15) is 24.2 Å². The summed E-state index contributed by atoms with van der Waals surface area (Å²) in [7, 11) is 0. The first-order chi connectivity index (χ1) is 10.5. The van der Waals surface area contributed by atoms with E-state index in [4.69, 9.17) is 4.74 Å². The first-order valence-electron chi connectivity index (χ1n) is 7.75. The van der Waals surface area contributed by atoms with Crippen molar-refractivity contribution >= 4 is 11.4 Å². The summed E-state index contributed by atoms with van der Waals surface area (Å²) in [6, 6.07) is 7.83. The molecule has 1 aliphatic rings. The average molecular weight is 301 g/mol. The molecule has 0 aromatic carbocycles. The second-order valence-corrected chi connectivity index (χ2v) is 6.40. The Balaban J connectivity index is 1.52. The van der Waals surface area contributed by atoms with Crippen molar-refractivity contribution < 1.29 is 9.53 Å². The highest BCUT2D eigenvalue weighted by atomic mass is 16.5. The van der Waals surface area contributed by atoms with Crippen molar-refractivity contribution in [1.29, 1.82) is 0 Å². The van der Waals surface area contributed by atoms with E-state index in [-0.39, 0.29) is 11.5 Å². The number of nitrogens with zero attached hydrogens (tertiary/aromatic N) is 2. The maximum absolute atomic E-state index is 12.2. The molecule has 1 aliphatic heterocycles. The third kappa shape index (κ3) is 3.48. The number of carbonyl (C=O) groups excluding carboxylic acids is 1. The number of hydrogen-bond acceptors (Lipinski definition) is 3. The van der Waals surface area contributed by atoms with Gasteiger partial charge in [0.2, 0.25) is 0 Å². The minimum absolute atomic E-state index is 0.0174. The van der Waals surface area contributed by atoms with E-state index in [2.05, 4.69) is 24.1 Å². The molecule has 5 heteroatoms. The zero-order chi connectivity index (χ0) is 15.6. The van der Waals surface area contributed by atoms with E-state index in [1.807, 2.05) is 41.1 Å². The predicted octanol–water partition coefficient (Wildman–Crippen LogP) is 1.78. The molecule has 1 fully saturated rings. The van der Waals surface area contributed by atoms with Crippen LogP contribution in [0.25, 0.3) is 5.52 Å². The molecule has 2 aromatic heterocycles. The first-order valence-corrected chi connectivity index (χ1v) is 7.75. The average Bonchev–Trinajstić information content (AvgIpc) is 2.90. The Morgan fingerprint density at radius 2 is 2.27 bits per heavy atom. The van der Waals surface area contributed by atoms with Gasteiger partial charge < -0.3 is 14.5 Å². The van der Waals surface area contributed by atoms with Gasteiger partial charge in [0.1, 0.15) is 0 Å². The minimum Gasteiger partial charge on any atom is -0.373 e. The number of hydrogen-bond donors (Lipinski definition) is 1. The van der Waals surface area contributed by atoms with Crippen LogP contribution in [-0.2, 0) is 4.74 Å². The van der Waals surface area contributed by atoms with Crippen LogP contribution >= 0.6 is 0 Å². The molecule has 0 atom stereocenters. The van der Waals surface area contributed by atoms with Crippen LogP contribution < -0.4 is 5.32 Å². The minimum atomic E-state index is -0.0949. The van der Waals surface area contributed by atoms with E-state index in [0.29, 0.717) is 12.1 Å². The standard InChI is InChI=1S/C17H23N3O2/c1-17(2)13-19(9-10-22-17)8-6-18-16(21)14-11-15-5-3-4-7-20(15)12-14/h3-5,7,11-12H,6,8-10,13H2,1-2H3,(H,18,21). The van der Waals surface area contributed by atoms with Gasteiger partial charge in [-0.05, 0) is 32.0 Å². The number of rotatable bonds is 4. The predicted molar refractivity (Wildman–Crippen MR) is 86.2 cm³/mol. The second-order valence-electron chi connectivity index (χ2n) is 6.40. The summed E-state index contributed by atoms with van der Waals surface area (Å²) in [5.41, 5.74) is 1.64. The Labute approximate surface area is 130 Å². The van der Waals surface area contributed by atoms with Gasteiger partial charge in [-0.1, -0.05) is 6.07 Å². The Hall–Kier alpha value is -1.85. The third-order valence-corrected chi connectivity index (χ3v) is 3.98. The van der Waals surface area contributed by atoms with E-state index >= 15 is 0 Å². The molecule has 118 valence electrons. The Kier molecular flexibility index (Phi) is 4.18. The Bertz CT molecular complexity index is 630. The van der Waals surface area contributed by atoms with Gasteiger partial charge in [-0.3, -0.25) is 9.69 Å². The molecule has 0 aliphatic carbocycles. The van der Waals surface area contributed by atoms with Crippen molar-refractivity contribution in [3.8, 4) is 0 Å². The number of nitrogens with one attached hydrogen (secondary N) is 1. The molecule has 0 bridgehead atoms. The van der Waals surface area contributed by atoms with Gasteiger partial charge in [-0.2, -0.15) is 0 Å². The highest BCUT2D eigenvalue weighted by molar-refractivity contribution is 5.95. The molecule has 2 aromatic rings. The molecule has 0 saturated carbocycles. The highest BCUT2D eigenvalue weighted by Gasteiger charge is 2.26. The van der Waals surface area contributed by atoms with Crippen LogP contribution in [0.15, 0.2) is 36.7 Å². The molecular weight excluding hydrogens is 278 g/mol. The van der Waals surface area contributed by atoms with Crippen LogP contribution in [0.3, 0.4) is 0 Å². The van der Waals surface area contributed by atoms with E-state index in [1.165, 1.54) is 0 Å². The number of fused-ring (bicyclic) bond motifs is 1. The summed E-state index contributed by atoms with van der Waals surface area (Å²) in [6.45, 7) is 8.29. The van der Waals surface area contributed by atoms with Crippen molar-refractivity contribution in [3.63, 3.8) is 0 Å². The van der Waals surface area contributed by atoms with E-state index < -0.39 is 0 Å². The van der Waals surface area contributed by atoms with Crippen molar-refractivity contribution in [2.24, 2.45) is 0 Å².